The molecule has 0 saturated carbocycles. The Balaban J connectivity index is 1.68. The molecule has 0 aliphatic heterocycles. The second-order valence-electron chi connectivity index (χ2n) is 4.92. The van der Waals surface area contributed by atoms with E-state index in [-0.39, 0.29) is 24.1 Å². The molecule has 1 aromatic heterocycles. The maximum absolute atomic E-state index is 13.6. The van der Waals surface area contributed by atoms with Gasteiger partial charge in [-0.15, -0.1) is 0 Å². The topological polar surface area (TPSA) is 65.2 Å². The van der Waals surface area contributed by atoms with E-state index in [1.807, 2.05) is 6.07 Å². The van der Waals surface area contributed by atoms with Crippen LogP contribution in [0.3, 0.4) is 0 Å². The lowest BCUT2D eigenvalue weighted by Gasteiger charge is -2.00. The van der Waals surface area contributed by atoms with E-state index in [1.54, 1.807) is 43.3 Å². The number of nitrogens with zero attached hydrogens (tertiary/aromatic N) is 2. The predicted octanol–water partition coefficient (Wildman–Crippen LogP) is 3.54. The standard InChI is InChI=1S/C17H13FN2O3/c1-11-7-8-13(9-14(11)18)16-19-15(23-20-16)10-22-17(21)12-5-3-2-4-6-12/h2-9H,10H2,1H3. The highest BCUT2D eigenvalue weighted by Crippen LogP contribution is 2.19. The molecule has 0 aliphatic carbocycles. The molecule has 23 heavy (non-hydrogen) atoms. The molecular weight excluding hydrogens is 299 g/mol. The molecule has 116 valence electrons. The Labute approximate surface area is 131 Å². The van der Waals surface area contributed by atoms with Gasteiger partial charge in [0.1, 0.15) is 5.82 Å². The molecule has 0 unspecified atom stereocenters. The highest BCUT2D eigenvalue weighted by atomic mass is 19.1. The van der Waals surface area contributed by atoms with Crippen molar-refractivity contribution in [2.75, 3.05) is 0 Å². The first-order chi connectivity index (χ1) is 11.1. The minimum absolute atomic E-state index is 0.144. The first-order valence-corrected chi connectivity index (χ1v) is 6.95. The molecule has 3 aromatic rings. The number of carbonyl (C=O) groups excluding carboxylic acids is 1. The van der Waals surface area contributed by atoms with Gasteiger partial charge < -0.3 is 9.26 Å². The molecule has 0 fully saturated rings. The molecule has 6 heteroatoms. The van der Waals surface area contributed by atoms with Crippen molar-refractivity contribution in [2.24, 2.45) is 0 Å². The molecule has 1 heterocycles. The van der Waals surface area contributed by atoms with E-state index in [1.165, 1.54) is 6.07 Å². The third-order valence-electron chi connectivity index (χ3n) is 3.23. The minimum Gasteiger partial charge on any atom is -0.452 e. The van der Waals surface area contributed by atoms with Crippen LogP contribution in [-0.2, 0) is 11.3 Å². The van der Waals surface area contributed by atoms with Gasteiger partial charge in [0.25, 0.3) is 5.89 Å². The zero-order valence-corrected chi connectivity index (χ0v) is 12.3. The molecule has 2 aromatic carbocycles. The maximum Gasteiger partial charge on any atom is 0.338 e. The lowest BCUT2D eigenvalue weighted by atomic mass is 10.1. The molecular formula is C17H13FN2O3. The molecule has 0 aliphatic rings. The molecule has 0 saturated heterocycles. The molecule has 5 nitrogen and oxygen atoms in total. The van der Waals surface area contributed by atoms with Gasteiger partial charge in [-0.3, -0.25) is 0 Å². The van der Waals surface area contributed by atoms with Crippen LogP contribution in [0.2, 0.25) is 0 Å². The number of hydrogen-bond acceptors (Lipinski definition) is 5. The van der Waals surface area contributed by atoms with Gasteiger partial charge in [0.05, 0.1) is 5.56 Å². The molecule has 0 radical (unpaired) electrons. The molecule has 0 atom stereocenters. The third-order valence-corrected chi connectivity index (χ3v) is 3.23. The summed E-state index contributed by atoms with van der Waals surface area (Å²) < 4.78 is 23.7. The van der Waals surface area contributed by atoms with E-state index in [9.17, 15) is 9.18 Å². The third kappa shape index (κ3) is 3.42. The Kier molecular flexibility index (Phi) is 4.14. The lowest BCUT2D eigenvalue weighted by molar-refractivity contribution is 0.0430. The second kappa shape index (κ2) is 6.39. The van der Waals surface area contributed by atoms with Crippen LogP contribution in [0, 0.1) is 12.7 Å². The Morgan fingerprint density at radius 3 is 2.74 bits per heavy atom. The number of aromatic nitrogens is 2. The van der Waals surface area contributed by atoms with Crippen molar-refractivity contribution >= 4 is 5.97 Å². The Morgan fingerprint density at radius 1 is 1.22 bits per heavy atom. The van der Waals surface area contributed by atoms with Gasteiger partial charge >= 0.3 is 5.97 Å². The number of hydrogen-bond donors (Lipinski definition) is 0. The fourth-order valence-electron chi connectivity index (χ4n) is 1.95. The SMILES string of the molecule is Cc1ccc(-c2noc(COC(=O)c3ccccc3)n2)cc1F. The summed E-state index contributed by atoms with van der Waals surface area (Å²) >= 11 is 0. The monoisotopic (exact) mass is 312 g/mol. The zero-order valence-electron chi connectivity index (χ0n) is 12.3. The fourth-order valence-corrected chi connectivity index (χ4v) is 1.95. The van der Waals surface area contributed by atoms with Crippen molar-refractivity contribution in [3.63, 3.8) is 0 Å². The van der Waals surface area contributed by atoms with E-state index in [4.69, 9.17) is 9.26 Å². The van der Waals surface area contributed by atoms with Gasteiger partial charge in [0.15, 0.2) is 6.61 Å². The summed E-state index contributed by atoms with van der Waals surface area (Å²) in [5.41, 5.74) is 1.47. The van der Waals surface area contributed by atoms with Gasteiger partial charge in [-0.25, -0.2) is 9.18 Å². The summed E-state index contributed by atoms with van der Waals surface area (Å²) in [6.45, 7) is 1.53. The Morgan fingerprint density at radius 2 is 2.00 bits per heavy atom. The van der Waals surface area contributed by atoms with Gasteiger partial charge in [0, 0.05) is 5.56 Å². The quantitative estimate of drug-likeness (QED) is 0.689. The van der Waals surface area contributed by atoms with Crippen LogP contribution < -0.4 is 0 Å². The van der Waals surface area contributed by atoms with Crippen molar-refractivity contribution in [3.05, 3.63) is 71.4 Å². The number of benzene rings is 2. The van der Waals surface area contributed by atoms with E-state index in [2.05, 4.69) is 10.1 Å². The van der Waals surface area contributed by atoms with Crippen LogP contribution in [0.4, 0.5) is 4.39 Å². The van der Waals surface area contributed by atoms with Crippen LogP contribution in [-0.4, -0.2) is 16.1 Å². The highest BCUT2D eigenvalue weighted by molar-refractivity contribution is 5.89. The number of rotatable bonds is 4. The van der Waals surface area contributed by atoms with Crippen LogP contribution >= 0.6 is 0 Å². The molecule has 0 bridgehead atoms. The Hall–Kier alpha value is -3.02. The van der Waals surface area contributed by atoms with Crippen LogP contribution in [0.25, 0.3) is 11.4 Å². The first-order valence-electron chi connectivity index (χ1n) is 6.95. The number of aryl methyl sites for hydroxylation is 1. The summed E-state index contributed by atoms with van der Waals surface area (Å²) in [4.78, 5) is 15.9. The largest absolute Gasteiger partial charge is 0.452 e. The van der Waals surface area contributed by atoms with Gasteiger partial charge in [-0.1, -0.05) is 35.5 Å². The van der Waals surface area contributed by atoms with E-state index in [0.29, 0.717) is 16.7 Å². The maximum atomic E-state index is 13.6. The Bertz CT molecular complexity index is 831. The normalized spacial score (nSPS) is 10.5. The minimum atomic E-state index is -0.480. The van der Waals surface area contributed by atoms with Crippen molar-refractivity contribution in [3.8, 4) is 11.4 Å². The highest BCUT2D eigenvalue weighted by Gasteiger charge is 2.13. The first kappa shape index (κ1) is 14.9. The van der Waals surface area contributed by atoms with Gasteiger partial charge in [-0.05, 0) is 30.7 Å². The summed E-state index contributed by atoms with van der Waals surface area (Å²) in [6, 6.07) is 13.3. The van der Waals surface area contributed by atoms with E-state index < -0.39 is 5.97 Å². The average Bonchev–Trinajstić information content (AvgIpc) is 3.05. The van der Waals surface area contributed by atoms with Crippen LogP contribution in [0.5, 0.6) is 0 Å². The fraction of sp³-hybridized carbons (Fsp3) is 0.118. The molecule has 3 rings (SSSR count). The van der Waals surface area contributed by atoms with Crippen molar-refractivity contribution < 1.29 is 18.4 Å². The predicted molar refractivity (Wildman–Crippen MR) is 80.0 cm³/mol. The van der Waals surface area contributed by atoms with Crippen molar-refractivity contribution in [1.82, 2.24) is 10.1 Å². The smallest absolute Gasteiger partial charge is 0.338 e. The zero-order chi connectivity index (χ0) is 16.2. The van der Waals surface area contributed by atoms with Gasteiger partial charge in [0.2, 0.25) is 5.82 Å². The molecule has 0 N–H and O–H groups in total. The second-order valence-corrected chi connectivity index (χ2v) is 4.92. The van der Waals surface area contributed by atoms with E-state index in [0.717, 1.165) is 0 Å². The van der Waals surface area contributed by atoms with E-state index >= 15 is 0 Å². The van der Waals surface area contributed by atoms with Crippen LogP contribution in [0.15, 0.2) is 53.1 Å². The summed E-state index contributed by atoms with van der Waals surface area (Å²) in [5.74, 6) is -0.434. The summed E-state index contributed by atoms with van der Waals surface area (Å²) in [7, 11) is 0. The van der Waals surface area contributed by atoms with Crippen molar-refractivity contribution in [1.29, 1.82) is 0 Å². The summed E-state index contributed by atoms with van der Waals surface area (Å²) in [6.07, 6.45) is 0. The molecule has 0 amide bonds. The van der Waals surface area contributed by atoms with Gasteiger partial charge in [-0.2, -0.15) is 4.98 Å². The van der Waals surface area contributed by atoms with Crippen LogP contribution in [0.1, 0.15) is 21.8 Å². The molecule has 0 spiro atoms. The average molecular weight is 312 g/mol. The summed E-state index contributed by atoms with van der Waals surface area (Å²) in [5, 5.41) is 3.76. The number of carbonyl (C=O) groups is 1. The van der Waals surface area contributed by atoms with Crippen molar-refractivity contribution in [2.45, 2.75) is 13.5 Å². The lowest BCUT2D eigenvalue weighted by Crippen LogP contribution is -2.05. The number of esters is 1. The number of ether oxygens (including phenoxy) is 1. The number of halogens is 1.